The SMILES string of the molecule is CC(=O)NC(=S)Nc1ccc(NC(=O)c2cccc(Br)c2)cc1. The number of thiocarbonyl (C=S) groups is 1. The molecule has 0 unspecified atom stereocenters. The Labute approximate surface area is 147 Å². The largest absolute Gasteiger partial charge is 0.332 e. The van der Waals surface area contributed by atoms with E-state index in [2.05, 4.69) is 31.9 Å². The highest BCUT2D eigenvalue weighted by atomic mass is 79.9. The van der Waals surface area contributed by atoms with Gasteiger partial charge < -0.3 is 16.0 Å². The molecule has 0 fully saturated rings. The normalized spacial score (nSPS) is 9.83. The van der Waals surface area contributed by atoms with Crippen molar-refractivity contribution in [2.45, 2.75) is 6.92 Å². The van der Waals surface area contributed by atoms with Gasteiger partial charge in [-0.05, 0) is 54.7 Å². The molecule has 0 aliphatic heterocycles. The Hall–Kier alpha value is -2.25. The molecule has 3 N–H and O–H groups in total. The minimum Gasteiger partial charge on any atom is -0.332 e. The molecule has 0 atom stereocenters. The van der Waals surface area contributed by atoms with Crippen molar-refractivity contribution in [1.82, 2.24) is 5.32 Å². The minimum absolute atomic E-state index is 0.194. The van der Waals surface area contributed by atoms with Crippen molar-refractivity contribution in [1.29, 1.82) is 0 Å². The Bertz CT molecular complexity index is 747. The van der Waals surface area contributed by atoms with Crippen LogP contribution in [0.4, 0.5) is 11.4 Å². The first-order chi connectivity index (χ1) is 10.9. The van der Waals surface area contributed by atoms with E-state index in [1.165, 1.54) is 6.92 Å². The van der Waals surface area contributed by atoms with Gasteiger partial charge in [0.1, 0.15) is 0 Å². The van der Waals surface area contributed by atoms with E-state index in [9.17, 15) is 9.59 Å². The number of nitrogens with one attached hydrogen (secondary N) is 3. The Morgan fingerprint density at radius 1 is 1.00 bits per heavy atom. The lowest BCUT2D eigenvalue weighted by molar-refractivity contribution is -0.117. The summed E-state index contributed by atoms with van der Waals surface area (Å²) in [5.74, 6) is -0.429. The van der Waals surface area contributed by atoms with E-state index in [4.69, 9.17) is 12.2 Å². The summed E-state index contributed by atoms with van der Waals surface area (Å²) in [5, 5.41) is 8.38. The molecule has 0 radical (unpaired) electrons. The third-order valence-corrected chi connectivity index (χ3v) is 3.47. The topological polar surface area (TPSA) is 70.2 Å². The number of carbonyl (C=O) groups excluding carboxylic acids is 2. The second-order valence-corrected chi connectivity index (χ2v) is 6.00. The summed E-state index contributed by atoms with van der Waals surface area (Å²) in [7, 11) is 0. The molecule has 118 valence electrons. The number of hydrogen-bond acceptors (Lipinski definition) is 3. The zero-order valence-corrected chi connectivity index (χ0v) is 14.6. The monoisotopic (exact) mass is 391 g/mol. The van der Waals surface area contributed by atoms with Gasteiger partial charge >= 0.3 is 0 Å². The number of amides is 2. The number of carbonyl (C=O) groups is 2. The van der Waals surface area contributed by atoms with E-state index < -0.39 is 0 Å². The highest BCUT2D eigenvalue weighted by Gasteiger charge is 2.06. The van der Waals surface area contributed by atoms with Gasteiger partial charge in [0.25, 0.3) is 5.91 Å². The maximum Gasteiger partial charge on any atom is 0.255 e. The summed E-state index contributed by atoms with van der Waals surface area (Å²) in [4.78, 5) is 23.0. The van der Waals surface area contributed by atoms with Crippen LogP contribution >= 0.6 is 28.1 Å². The summed E-state index contributed by atoms with van der Waals surface area (Å²) in [6.45, 7) is 1.38. The fourth-order valence-electron chi connectivity index (χ4n) is 1.79. The molecule has 0 saturated carbocycles. The van der Waals surface area contributed by atoms with Crippen LogP contribution in [0.5, 0.6) is 0 Å². The molecule has 2 rings (SSSR count). The van der Waals surface area contributed by atoms with Crippen LogP contribution in [-0.2, 0) is 4.79 Å². The summed E-state index contributed by atoms with van der Waals surface area (Å²) in [6.07, 6.45) is 0. The third-order valence-electron chi connectivity index (χ3n) is 2.78. The fourth-order valence-corrected chi connectivity index (χ4v) is 2.45. The van der Waals surface area contributed by atoms with E-state index in [0.29, 0.717) is 16.9 Å². The van der Waals surface area contributed by atoms with E-state index in [1.807, 2.05) is 6.07 Å². The fraction of sp³-hybridized carbons (Fsp3) is 0.0625. The first-order valence-corrected chi connectivity index (χ1v) is 7.90. The molecule has 2 aromatic rings. The van der Waals surface area contributed by atoms with Gasteiger partial charge in [-0.1, -0.05) is 22.0 Å². The second-order valence-electron chi connectivity index (χ2n) is 4.68. The van der Waals surface area contributed by atoms with Crippen molar-refractivity contribution in [3.63, 3.8) is 0 Å². The lowest BCUT2D eigenvalue weighted by Gasteiger charge is -2.09. The van der Waals surface area contributed by atoms with Gasteiger partial charge in [-0.3, -0.25) is 9.59 Å². The van der Waals surface area contributed by atoms with Crippen LogP contribution in [0.25, 0.3) is 0 Å². The van der Waals surface area contributed by atoms with Gasteiger partial charge in [0.15, 0.2) is 5.11 Å². The summed E-state index contributed by atoms with van der Waals surface area (Å²) in [5.41, 5.74) is 1.93. The van der Waals surface area contributed by atoms with E-state index in [-0.39, 0.29) is 16.9 Å². The summed E-state index contributed by atoms with van der Waals surface area (Å²) >= 11 is 8.31. The predicted molar refractivity (Wildman–Crippen MR) is 98.6 cm³/mol. The van der Waals surface area contributed by atoms with Crippen LogP contribution in [-0.4, -0.2) is 16.9 Å². The predicted octanol–water partition coefficient (Wildman–Crippen LogP) is 3.53. The highest BCUT2D eigenvalue weighted by molar-refractivity contribution is 9.10. The highest BCUT2D eigenvalue weighted by Crippen LogP contribution is 2.16. The van der Waals surface area contributed by atoms with Crippen molar-refractivity contribution in [2.75, 3.05) is 10.6 Å². The molecule has 5 nitrogen and oxygen atoms in total. The lowest BCUT2D eigenvalue weighted by Crippen LogP contribution is -2.32. The van der Waals surface area contributed by atoms with Gasteiger partial charge in [0.05, 0.1) is 0 Å². The van der Waals surface area contributed by atoms with Gasteiger partial charge in [-0.2, -0.15) is 0 Å². The molecular weight excluding hydrogens is 378 g/mol. The maximum absolute atomic E-state index is 12.1. The Balaban J connectivity index is 1.98. The van der Waals surface area contributed by atoms with Crippen LogP contribution in [0.1, 0.15) is 17.3 Å². The van der Waals surface area contributed by atoms with Crippen LogP contribution < -0.4 is 16.0 Å². The van der Waals surface area contributed by atoms with E-state index in [1.54, 1.807) is 42.5 Å². The molecule has 0 bridgehead atoms. The molecule has 2 amide bonds. The number of anilines is 2. The molecule has 2 aromatic carbocycles. The van der Waals surface area contributed by atoms with Gasteiger partial charge in [0.2, 0.25) is 5.91 Å². The Kier molecular flexibility index (Phi) is 5.84. The average molecular weight is 392 g/mol. The molecule has 0 aliphatic rings. The molecule has 0 spiro atoms. The van der Waals surface area contributed by atoms with Crippen molar-refractivity contribution in [2.24, 2.45) is 0 Å². The van der Waals surface area contributed by atoms with Crippen LogP contribution in [0.2, 0.25) is 0 Å². The molecular formula is C16H14BrN3O2S. The summed E-state index contributed by atoms with van der Waals surface area (Å²) in [6, 6.07) is 14.1. The lowest BCUT2D eigenvalue weighted by atomic mass is 10.2. The zero-order chi connectivity index (χ0) is 16.8. The van der Waals surface area contributed by atoms with Crippen molar-refractivity contribution < 1.29 is 9.59 Å². The smallest absolute Gasteiger partial charge is 0.255 e. The second kappa shape index (κ2) is 7.85. The van der Waals surface area contributed by atoms with Crippen molar-refractivity contribution in [3.05, 3.63) is 58.6 Å². The summed E-state index contributed by atoms with van der Waals surface area (Å²) < 4.78 is 0.844. The van der Waals surface area contributed by atoms with Crippen LogP contribution in [0, 0.1) is 0 Å². The van der Waals surface area contributed by atoms with Crippen LogP contribution in [0.15, 0.2) is 53.0 Å². The molecule has 0 aliphatic carbocycles. The number of benzene rings is 2. The van der Waals surface area contributed by atoms with Gasteiger partial charge in [-0.25, -0.2) is 0 Å². The first-order valence-electron chi connectivity index (χ1n) is 6.69. The van der Waals surface area contributed by atoms with Crippen molar-refractivity contribution in [3.8, 4) is 0 Å². The van der Waals surface area contributed by atoms with E-state index >= 15 is 0 Å². The molecule has 0 heterocycles. The zero-order valence-electron chi connectivity index (χ0n) is 12.2. The van der Waals surface area contributed by atoms with Gasteiger partial charge in [-0.15, -0.1) is 0 Å². The molecule has 7 heteroatoms. The number of hydrogen-bond donors (Lipinski definition) is 3. The molecule has 0 aromatic heterocycles. The molecule has 0 saturated heterocycles. The maximum atomic E-state index is 12.1. The van der Waals surface area contributed by atoms with E-state index in [0.717, 1.165) is 4.47 Å². The van der Waals surface area contributed by atoms with Crippen LogP contribution in [0.3, 0.4) is 0 Å². The third kappa shape index (κ3) is 5.46. The quantitative estimate of drug-likeness (QED) is 0.699. The van der Waals surface area contributed by atoms with Crippen molar-refractivity contribution >= 4 is 56.4 Å². The Morgan fingerprint density at radius 3 is 2.17 bits per heavy atom. The standard InChI is InChI=1S/C16H14BrN3O2S/c1-10(21)18-16(23)20-14-7-5-13(6-8-14)19-15(22)11-3-2-4-12(17)9-11/h2-9H,1H3,(H,19,22)(H2,18,20,21,23). The first kappa shape index (κ1) is 17.1. The number of halogens is 1. The minimum atomic E-state index is -0.236. The Morgan fingerprint density at radius 2 is 1.61 bits per heavy atom. The average Bonchev–Trinajstić information content (AvgIpc) is 2.48. The number of rotatable bonds is 3. The molecule has 23 heavy (non-hydrogen) atoms. The van der Waals surface area contributed by atoms with Gasteiger partial charge in [0, 0.05) is 28.3 Å².